The van der Waals surface area contributed by atoms with Crippen molar-refractivity contribution in [2.45, 2.75) is 45.6 Å². The summed E-state index contributed by atoms with van der Waals surface area (Å²) < 4.78 is 0. The average Bonchev–Trinajstić information content (AvgIpc) is 2.67. The first-order valence-electron chi connectivity index (χ1n) is 9.42. The zero-order valence-corrected chi connectivity index (χ0v) is 15.4. The van der Waals surface area contributed by atoms with Crippen LogP contribution >= 0.6 is 0 Å². The number of nitrogens with zero attached hydrogens (tertiary/aromatic N) is 1. The maximum Gasteiger partial charge on any atom is 0.269 e. The lowest BCUT2D eigenvalue weighted by molar-refractivity contribution is 0.0949. The zero-order valence-electron chi connectivity index (χ0n) is 15.4. The molecule has 0 bridgehead atoms. The van der Waals surface area contributed by atoms with E-state index in [4.69, 9.17) is 0 Å². The number of amides is 1. The maximum atomic E-state index is 12.3. The molecule has 0 radical (unpaired) electrons. The van der Waals surface area contributed by atoms with Crippen LogP contribution in [0.1, 0.15) is 53.7 Å². The van der Waals surface area contributed by atoms with Crippen molar-refractivity contribution in [3.8, 4) is 0 Å². The number of aryl methyl sites for hydroxylation is 1. The van der Waals surface area contributed by atoms with Crippen molar-refractivity contribution >= 4 is 11.6 Å². The number of carbonyl (C=O) groups is 1. The third kappa shape index (κ3) is 5.45. The summed E-state index contributed by atoms with van der Waals surface area (Å²) >= 11 is 0. The Kier molecular flexibility index (Phi) is 6.42. The van der Waals surface area contributed by atoms with Crippen LogP contribution in [0.25, 0.3) is 0 Å². The van der Waals surface area contributed by atoms with Crippen molar-refractivity contribution in [2.75, 3.05) is 11.9 Å². The van der Waals surface area contributed by atoms with Crippen LogP contribution in [0.5, 0.6) is 0 Å². The van der Waals surface area contributed by atoms with Crippen LogP contribution in [0, 0.1) is 6.92 Å². The van der Waals surface area contributed by atoms with Crippen LogP contribution in [0.15, 0.2) is 54.2 Å². The molecule has 26 heavy (non-hydrogen) atoms. The molecule has 1 heterocycles. The highest BCUT2D eigenvalue weighted by molar-refractivity contribution is 5.93. The summed E-state index contributed by atoms with van der Waals surface area (Å²) in [6.45, 7) is 3.48. The molecule has 2 aromatic rings. The Morgan fingerprint density at radius 3 is 2.92 bits per heavy atom. The quantitative estimate of drug-likeness (QED) is 0.717. The summed E-state index contributed by atoms with van der Waals surface area (Å²) in [7, 11) is 0. The van der Waals surface area contributed by atoms with Crippen molar-refractivity contribution in [3.63, 3.8) is 0 Å². The summed E-state index contributed by atoms with van der Waals surface area (Å²) in [5.41, 5.74) is 5.29. The van der Waals surface area contributed by atoms with E-state index in [1.54, 1.807) is 6.20 Å². The van der Waals surface area contributed by atoms with Crippen LogP contribution in [-0.4, -0.2) is 17.4 Å². The summed E-state index contributed by atoms with van der Waals surface area (Å²) in [6, 6.07) is 12.1. The van der Waals surface area contributed by atoms with E-state index in [0.29, 0.717) is 12.2 Å². The molecule has 1 aromatic carbocycles. The Morgan fingerprint density at radius 2 is 2.12 bits per heavy atom. The van der Waals surface area contributed by atoms with Gasteiger partial charge >= 0.3 is 0 Å². The fourth-order valence-electron chi connectivity index (χ4n) is 3.25. The van der Waals surface area contributed by atoms with E-state index < -0.39 is 0 Å². The van der Waals surface area contributed by atoms with Gasteiger partial charge in [0.2, 0.25) is 0 Å². The summed E-state index contributed by atoms with van der Waals surface area (Å²) in [5.74, 6) is -0.111. The van der Waals surface area contributed by atoms with Gasteiger partial charge in [-0.2, -0.15) is 0 Å². The lowest BCUT2D eigenvalue weighted by Gasteiger charge is -2.13. The summed E-state index contributed by atoms with van der Waals surface area (Å²) in [6.07, 6.45) is 9.86. The first kappa shape index (κ1) is 18.2. The predicted octanol–water partition coefficient (Wildman–Crippen LogP) is 4.62. The molecule has 4 nitrogen and oxygen atoms in total. The van der Waals surface area contributed by atoms with E-state index >= 15 is 0 Å². The second kappa shape index (κ2) is 9.18. The van der Waals surface area contributed by atoms with Crippen molar-refractivity contribution < 1.29 is 4.79 Å². The number of aromatic nitrogens is 1. The molecule has 1 aliphatic rings. The van der Waals surface area contributed by atoms with Gasteiger partial charge in [-0.3, -0.25) is 9.78 Å². The number of hydrogen-bond donors (Lipinski definition) is 2. The predicted molar refractivity (Wildman–Crippen MR) is 106 cm³/mol. The highest BCUT2D eigenvalue weighted by atomic mass is 16.1. The third-order valence-electron chi connectivity index (χ3n) is 4.69. The Morgan fingerprint density at radius 1 is 1.19 bits per heavy atom. The number of benzene rings is 1. The first-order chi connectivity index (χ1) is 12.7. The second-order valence-electron chi connectivity index (χ2n) is 6.89. The minimum atomic E-state index is -0.111. The lowest BCUT2D eigenvalue weighted by atomic mass is 9.97. The lowest BCUT2D eigenvalue weighted by Crippen LogP contribution is -2.25. The minimum Gasteiger partial charge on any atom is -0.381 e. The maximum absolute atomic E-state index is 12.3. The van der Waals surface area contributed by atoms with Gasteiger partial charge in [-0.25, -0.2) is 0 Å². The second-order valence-corrected chi connectivity index (χ2v) is 6.89. The number of anilines is 1. The normalized spacial score (nSPS) is 13.8. The molecular weight excluding hydrogens is 322 g/mol. The Labute approximate surface area is 155 Å². The molecular formula is C22H27N3O. The fraction of sp³-hybridized carbons (Fsp3) is 0.364. The van der Waals surface area contributed by atoms with Crippen LogP contribution in [0.4, 0.5) is 5.69 Å². The summed E-state index contributed by atoms with van der Waals surface area (Å²) in [5, 5.41) is 6.35. The summed E-state index contributed by atoms with van der Waals surface area (Å²) in [4.78, 5) is 16.5. The third-order valence-corrected chi connectivity index (χ3v) is 4.69. The topological polar surface area (TPSA) is 54.0 Å². The highest BCUT2D eigenvalue weighted by Gasteiger charge is 2.09. The van der Waals surface area contributed by atoms with Gasteiger partial charge in [0.05, 0.1) is 0 Å². The van der Waals surface area contributed by atoms with E-state index in [1.165, 1.54) is 42.4 Å². The van der Waals surface area contributed by atoms with E-state index in [2.05, 4.69) is 52.9 Å². The van der Waals surface area contributed by atoms with Gasteiger partial charge in [-0.15, -0.1) is 0 Å². The van der Waals surface area contributed by atoms with E-state index in [9.17, 15) is 4.79 Å². The number of nitrogens with one attached hydrogen (secondary N) is 2. The van der Waals surface area contributed by atoms with Crippen molar-refractivity contribution in [3.05, 3.63) is 71.1 Å². The monoisotopic (exact) mass is 349 g/mol. The minimum absolute atomic E-state index is 0.111. The van der Waals surface area contributed by atoms with Crippen LogP contribution in [0.3, 0.4) is 0 Å². The van der Waals surface area contributed by atoms with Crippen LogP contribution in [-0.2, 0) is 6.54 Å². The number of hydrogen-bond acceptors (Lipinski definition) is 3. The number of carbonyl (C=O) groups excluding carboxylic acids is 1. The average molecular weight is 349 g/mol. The molecule has 3 rings (SSSR count). The molecule has 0 atom stereocenters. The van der Waals surface area contributed by atoms with Gasteiger partial charge in [-0.05, 0) is 56.7 Å². The van der Waals surface area contributed by atoms with Gasteiger partial charge in [0.25, 0.3) is 5.91 Å². The Bertz CT molecular complexity index is 782. The van der Waals surface area contributed by atoms with E-state index in [-0.39, 0.29) is 5.91 Å². The Balaban J connectivity index is 1.51. The van der Waals surface area contributed by atoms with Crippen LogP contribution < -0.4 is 10.6 Å². The molecule has 0 saturated heterocycles. The molecule has 0 unspecified atom stereocenters. The number of pyridine rings is 1. The molecule has 0 aliphatic heterocycles. The van der Waals surface area contributed by atoms with Gasteiger partial charge in [0.15, 0.2) is 0 Å². The molecule has 1 aromatic heterocycles. The van der Waals surface area contributed by atoms with E-state index in [1.807, 2.05) is 12.1 Å². The number of rotatable bonds is 7. The Hall–Kier alpha value is -2.62. The number of allylic oxidation sites excluding steroid dienone is 1. The highest BCUT2D eigenvalue weighted by Crippen LogP contribution is 2.19. The largest absolute Gasteiger partial charge is 0.381 e. The van der Waals surface area contributed by atoms with Crippen LogP contribution in [0.2, 0.25) is 0 Å². The molecule has 1 aliphatic carbocycles. The zero-order chi connectivity index (χ0) is 18.2. The molecule has 2 N–H and O–H groups in total. The SMILES string of the molecule is Cc1cccc(CNc2ccnc(C(=O)NCCC3=CCCCC3)c2)c1. The van der Waals surface area contributed by atoms with Gasteiger partial charge < -0.3 is 10.6 Å². The molecule has 136 valence electrons. The molecule has 0 saturated carbocycles. The van der Waals surface area contributed by atoms with Crippen molar-refractivity contribution in [2.24, 2.45) is 0 Å². The van der Waals surface area contributed by atoms with Gasteiger partial charge in [-0.1, -0.05) is 41.5 Å². The molecule has 1 amide bonds. The van der Waals surface area contributed by atoms with Crippen molar-refractivity contribution in [1.29, 1.82) is 0 Å². The van der Waals surface area contributed by atoms with Gasteiger partial charge in [0.1, 0.15) is 5.69 Å². The molecule has 0 fully saturated rings. The molecule has 0 spiro atoms. The smallest absolute Gasteiger partial charge is 0.269 e. The standard InChI is InChI=1S/C22H27N3O/c1-17-6-5-9-19(14-17)16-25-20-11-13-23-21(15-20)22(26)24-12-10-18-7-3-2-4-8-18/h5-7,9,11,13-15H,2-4,8,10,12,16H2,1H3,(H,23,25)(H,24,26). The van der Waals surface area contributed by atoms with Crippen molar-refractivity contribution in [1.82, 2.24) is 10.3 Å². The first-order valence-corrected chi connectivity index (χ1v) is 9.42. The van der Waals surface area contributed by atoms with Gasteiger partial charge in [0, 0.05) is 25.0 Å². The fourth-order valence-corrected chi connectivity index (χ4v) is 3.25. The van der Waals surface area contributed by atoms with E-state index in [0.717, 1.165) is 18.7 Å². The molecule has 4 heteroatoms.